The number of rotatable bonds is 6. The molecule has 0 unspecified atom stereocenters. The van der Waals surface area contributed by atoms with Crippen molar-refractivity contribution in [3.05, 3.63) is 59.5 Å². The first-order valence-electron chi connectivity index (χ1n) is 8.80. The molecule has 28 heavy (non-hydrogen) atoms. The van der Waals surface area contributed by atoms with Crippen LogP contribution in [0.15, 0.2) is 42.6 Å². The highest BCUT2D eigenvalue weighted by molar-refractivity contribution is 6.08. The van der Waals surface area contributed by atoms with Crippen LogP contribution in [0.2, 0.25) is 0 Å². The Hall–Kier alpha value is -3.65. The van der Waals surface area contributed by atoms with E-state index in [0.29, 0.717) is 41.1 Å². The second kappa shape index (κ2) is 7.93. The maximum Gasteiger partial charge on any atom is 0.251 e. The molecule has 144 valence electrons. The molecule has 3 rings (SSSR count). The smallest absolute Gasteiger partial charge is 0.251 e. The van der Waals surface area contributed by atoms with Crippen LogP contribution in [0, 0.1) is 5.41 Å². The second-order valence-electron chi connectivity index (χ2n) is 6.24. The number of fused-ring (bicyclic) bond motifs is 1. The number of imidazole rings is 1. The molecule has 8 nitrogen and oxygen atoms in total. The van der Waals surface area contributed by atoms with Crippen molar-refractivity contribution >= 4 is 34.4 Å². The van der Waals surface area contributed by atoms with Crippen LogP contribution in [0.5, 0.6) is 0 Å². The standard InChI is InChI=1S/C20H23N7O/c1-25-20(28)13-2-5-18-17(9-13)26-19(14(10-22)11-23)27(18)15-3-4-16(24)12(8-15)6-7-21/h2-5,8-11,22H,6-7,21,23-24H2,1H3,(H,25,28)/b14-11+,22-10?. The van der Waals surface area contributed by atoms with Crippen LogP contribution in [0.3, 0.4) is 0 Å². The summed E-state index contributed by atoms with van der Waals surface area (Å²) in [5, 5.41) is 10.3. The summed E-state index contributed by atoms with van der Waals surface area (Å²) in [7, 11) is 1.58. The molecular weight excluding hydrogens is 354 g/mol. The number of nitrogen functional groups attached to an aromatic ring is 1. The minimum atomic E-state index is -0.197. The van der Waals surface area contributed by atoms with Gasteiger partial charge in [-0.15, -0.1) is 0 Å². The number of carbonyl (C=O) groups excluding carboxylic acids is 1. The molecule has 1 heterocycles. The Morgan fingerprint density at radius 2 is 2.07 bits per heavy atom. The maximum absolute atomic E-state index is 12.0. The third kappa shape index (κ3) is 3.33. The molecule has 0 aliphatic heterocycles. The van der Waals surface area contributed by atoms with Gasteiger partial charge in [-0.2, -0.15) is 0 Å². The molecule has 0 radical (unpaired) electrons. The average Bonchev–Trinajstić information content (AvgIpc) is 3.08. The van der Waals surface area contributed by atoms with E-state index in [-0.39, 0.29) is 5.91 Å². The number of nitrogens with two attached hydrogens (primary N) is 3. The number of hydrogen-bond acceptors (Lipinski definition) is 6. The Labute approximate surface area is 162 Å². The van der Waals surface area contributed by atoms with Crippen LogP contribution >= 0.6 is 0 Å². The van der Waals surface area contributed by atoms with E-state index in [1.54, 1.807) is 19.2 Å². The Kier molecular flexibility index (Phi) is 5.42. The third-order valence-corrected chi connectivity index (χ3v) is 4.54. The molecule has 0 saturated carbocycles. The normalized spacial score (nSPS) is 11.6. The van der Waals surface area contributed by atoms with Crippen LogP contribution in [0.1, 0.15) is 21.7 Å². The van der Waals surface area contributed by atoms with Gasteiger partial charge in [0.05, 0.1) is 16.6 Å². The van der Waals surface area contributed by atoms with E-state index in [9.17, 15) is 4.79 Å². The van der Waals surface area contributed by atoms with E-state index in [1.165, 1.54) is 6.20 Å². The molecule has 0 saturated heterocycles. The molecular formula is C20H23N7O. The van der Waals surface area contributed by atoms with Gasteiger partial charge >= 0.3 is 0 Å². The fraction of sp³-hybridized carbons (Fsp3) is 0.150. The van der Waals surface area contributed by atoms with Crippen molar-refractivity contribution in [2.45, 2.75) is 6.42 Å². The minimum absolute atomic E-state index is 0.197. The first-order chi connectivity index (χ1) is 13.5. The summed E-state index contributed by atoms with van der Waals surface area (Å²) in [4.78, 5) is 16.6. The van der Waals surface area contributed by atoms with Gasteiger partial charge in [0.25, 0.3) is 5.91 Å². The molecule has 1 amide bonds. The van der Waals surface area contributed by atoms with E-state index in [2.05, 4.69) is 10.3 Å². The van der Waals surface area contributed by atoms with Gasteiger partial charge in [0, 0.05) is 36.4 Å². The summed E-state index contributed by atoms with van der Waals surface area (Å²) in [6, 6.07) is 10.9. The van der Waals surface area contributed by atoms with Gasteiger partial charge in [-0.25, -0.2) is 4.98 Å². The SMILES string of the molecule is CNC(=O)c1ccc2c(c1)nc(/C(C=N)=C/N)n2-c1ccc(N)c(CCN)c1. The third-order valence-electron chi connectivity index (χ3n) is 4.54. The summed E-state index contributed by atoms with van der Waals surface area (Å²) in [5.41, 5.74) is 22.3. The number of allylic oxidation sites excluding steroid dienone is 1. The predicted molar refractivity (Wildman–Crippen MR) is 113 cm³/mol. The van der Waals surface area contributed by atoms with Gasteiger partial charge in [0.15, 0.2) is 0 Å². The number of carbonyl (C=O) groups is 1. The molecule has 0 spiro atoms. The van der Waals surface area contributed by atoms with Crippen molar-refractivity contribution < 1.29 is 4.79 Å². The number of hydrogen-bond donors (Lipinski definition) is 5. The van der Waals surface area contributed by atoms with Gasteiger partial charge in [-0.3, -0.25) is 9.36 Å². The zero-order valence-electron chi connectivity index (χ0n) is 15.6. The zero-order chi connectivity index (χ0) is 20.3. The van der Waals surface area contributed by atoms with E-state index < -0.39 is 0 Å². The largest absolute Gasteiger partial charge is 0.404 e. The molecule has 0 fully saturated rings. The Morgan fingerprint density at radius 1 is 1.29 bits per heavy atom. The van der Waals surface area contributed by atoms with Gasteiger partial charge in [-0.1, -0.05) is 0 Å². The lowest BCUT2D eigenvalue weighted by Gasteiger charge is -2.13. The molecule has 0 atom stereocenters. The predicted octanol–water partition coefficient (Wildman–Crippen LogP) is 1.42. The molecule has 2 aromatic carbocycles. The number of nitrogens with zero attached hydrogens (tertiary/aromatic N) is 2. The van der Waals surface area contributed by atoms with Crippen molar-refractivity contribution in [3.63, 3.8) is 0 Å². The summed E-state index contributed by atoms with van der Waals surface area (Å²) in [6.07, 6.45) is 3.13. The zero-order valence-corrected chi connectivity index (χ0v) is 15.6. The Morgan fingerprint density at radius 3 is 2.71 bits per heavy atom. The van der Waals surface area contributed by atoms with Gasteiger partial charge < -0.3 is 27.9 Å². The van der Waals surface area contributed by atoms with E-state index in [1.807, 2.05) is 28.8 Å². The summed E-state index contributed by atoms with van der Waals surface area (Å²) < 4.78 is 1.89. The molecule has 0 bridgehead atoms. The monoisotopic (exact) mass is 377 g/mol. The minimum Gasteiger partial charge on any atom is -0.404 e. The highest BCUT2D eigenvalue weighted by atomic mass is 16.1. The van der Waals surface area contributed by atoms with Crippen LogP contribution in [0.4, 0.5) is 5.69 Å². The van der Waals surface area contributed by atoms with Crippen molar-refractivity contribution in [1.29, 1.82) is 5.41 Å². The lowest BCUT2D eigenvalue weighted by atomic mass is 10.1. The topological polar surface area (TPSA) is 149 Å². The van der Waals surface area contributed by atoms with Crippen LogP contribution in [0.25, 0.3) is 22.3 Å². The number of aromatic nitrogens is 2. The average molecular weight is 377 g/mol. The number of amides is 1. The lowest BCUT2D eigenvalue weighted by molar-refractivity contribution is 0.0963. The van der Waals surface area contributed by atoms with Crippen LogP contribution in [-0.4, -0.2) is 35.3 Å². The summed E-state index contributed by atoms with van der Waals surface area (Å²) >= 11 is 0. The quantitative estimate of drug-likeness (QED) is 0.325. The maximum atomic E-state index is 12.0. The molecule has 8 heteroatoms. The van der Waals surface area contributed by atoms with Gasteiger partial charge in [0.1, 0.15) is 5.82 Å². The van der Waals surface area contributed by atoms with E-state index in [0.717, 1.165) is 23.0 Å². The molecule has 1 aromatic heterocycles. The van der Waals surface area contributed by atoms with E-state index >= 15 is 0 Å². The van der Waals surface area contributed by atoms with Gasteiger partial charge in [0.2, 0.25) is 0 Å². The molecule has 0 aliphatic carbocycles. The first-order valence-corrected chi connectivity index (χ1v) is 8.80. The van der Waals surface area contributed by atoms with Gasteiger partial charge in [-0.05, 0) is 54.9 Å². The number of benzene rings is 2. The van der Waals surface area contributed by atoms with Crippen molar-refractivity contribution in [3.8, 4) is 5.69 Å². The van der Waals surface area contributed by atoms with Crippen LogP contribution < -0.4 is 22.5 Å². The van der Waals surface area contributed by atoms with Crippen LogP contribution in [-0.2, 0) is 6.42 Å². The highest BCUT2D eigenvalue weighted by Crippen LogP contribution is 2.28. The fourth-order valence-corrected chi connectivity index (χ4v) is 3.11. The highest BCUT2D eigenvalue weighted by Gasteiger charge is 2.17. The Bertz CT molecular complexity index is 1080. The van der Waals surface area contributed by atoms with E-state index in [4.69, 9.17) is 22.6 Å². The van der Waals surface area contributed by atoms with Crippen molar-refractivity contribution in [2.75, 3.05) is 19.3 Å². The second-order valence-corrected chi connectivity index (χ2v) is 6.24. The molecule has 0 aliphatic rings. The fourth-order valence-electron chi connectivity index (χ4n) is 3.11. The lowest BCUT2D eigenvalue weighted by Crippen LogP contribution is -2.17. The summed E-state index contributed by atoms with van der Waals surface area (Å²) in [6.45, 7) is 0.481. The molecule has 3 aromatic rings. The Balaban J connectivity index is 2.30. The number of nitrogens with one attached hydrogen (secondary N) is 2. The van der Waals surface area contributed by atoms with Crippen molar-refractivity contribution in [1.82, 2.24) is 14.9 Å². The first kappa shape index (κ1) is 19.1. The van der Waals surface area contributed by atoms with Crippen molar-refractivity contribution in [2.24, 2.45) is 11.5 Å². The number of anilines is 1. The summed E-state index contributed by atoms with van der Waals surface area (Å²) in [5.74, 6) is 0.308. The molecule has 8 N–H and O–H groups in total.